The van der Waals surface area contributed by atoms with Gasteiger partial charge >= 0.3 is 0 Å². The van der Waals surface area contributed by atoms with Crippen LogP contribution in [0.3, 0.4) is 0 Å². The van der Waals surface area contributed by atoms with Gasteiger partial charge in [-0.25, -0.2) is 4.98 Å². The second-order valence-electron chi connectivity index (χ2n) is 9.73. The zero-order valence-corrected chi connectivity index (χ0v) is 20.2. The van der Waals surface area contributed by atoms with Crippen LogP contribution in [-0.4, -0.2) is 41.7 Å². The summed E-state index contributed by atoms with van der Waals surface area (Å²) in [5.74, 6) is 1.48. The third-order valence-corrected chi connectivity index (χ3v) is 7.23. The predicted molar refractivity (Wildman–Crippen MR) is 141 cm³/mol. The Bertz CT molecular complexity index is 1680. The minimum atomic E-state index is 0.666. The summed E-state index contributed by atoms with van der Waals surface area (Å²) in [4.78, 5) is 21.8. The molecule has 0 radical (unpaired) electrons. The highest BCUT2D eigenvalue weighted by molar-refractivity contribution is 5.97. The van der Waals surface area contributed by atoms with Crippen LogP contribution in [-0.2, 0) is 6.54 Å². The van der Waals surface area contributed by atoms with Gasteiger partial charge in [0.05, 0.1) is 41.6 Å². The van der Waals surface area contributed by atoms with Gasteiger partial charge in [-0.1, -0.05) is 12.8 Å². The minimum absolute atomic E-state index is 0.666. The van der Waals surface area contributed by atoms with Gasteiger partial charge in [0.1, 0.15) is 11.2 Å². The lowest BCUT2D eigenvalue weighted by atomic mass is 10.1. The Kier molecular flexibility index (Phi) is 5.47. The monoisotopic (exact) mass is 490 g/mol. The first kappa shape index (κ1) is 21.9. The SMILES string of the molecule is c1cc(-c2cncc3[nH]c(-c4n[nH]c5cnc(-c6cncc(CNCC7CCCC7)c6)cc45)nc23)co1. The van der Waals surface area contributed by atoms with E-state index in [0.29, 0.717) is 5.82 Å². The van der Waals surface area contributed by atoms with Crippen molar-refractivity contribution in [2.45, 2.75) is 32.2 Å². The van der Waals surface area contributed by atoms with Gasteiger partial charge in [0.25, 0.3) is 0 Å². The van der Waals surface area contributed by atoms with Crippen molar-refractivity contribution in [2.75, 3.05) is 6.54 Å². The number of aromatic amines is 2. The van der Waals surface area contributed by atoms with Crippen molar-refractivity contribution in [1.82, 2.24) is 40.4 Å². The summed E-state index contributed by atoms with van der Waals surface area (Å²) >= 11 is 0. The van der Waals surface area contributed by atoms with Gasteiger partial charge in [0.15, 0.2) is 5.82 Å². The van der Waals surface area contributed by atoms with E-state index >= 15 is 0 Å². The first-order valence-corrected chi connectivity index (χ1v) is 12.7. The molecule has 0 unspecified atom stereocenters. The van der Waals surface area contributed by atoms with Gasteiger partial charge in [-0.3, -0.25) is 20.1 Å². The number of H-pyrrole nitrogens is 2. The van der Waals surface area contributed by atoms with Crippen molar-refractivity contribution in [1.29, 1.82) is 0 Å². The van der Waals surface area contributed by atoms with Crippen LogP contribution in [0.5, 0.6) is 0 Å². The number of furan rings is 1. The average molecular weight is 491 g/mol. The molecule has 0 saturated heterocycles. The summed E-state index contributed by atoms with van der Waals surface area (Å²) < 4.78 is 5.26. The Morgan fingerprint density at radius 2 is 1.89 bits per heavy atom. The van der Waals surface area contributed by atoms with Crippen LogP contribution in [0.4, 0.5) is 0 Å². The summed E-state index contributed by atoms with van der Waals surface area (Å²) in [6.45, 7) is 1.88. The molecule has 1 aliphatic carbocycles. The molecule has 0 spiro atoms. The summed E-state index contributed by atoms with van der Waals surface area (Å²) in [5, 5.41) is 12.2. The van der Waals surface area contributed by atoms with Crippen LogP contribution in [0, 0.1) is 5.92 Å². The molecule has 0 atom stereocenters. The highest BCUT2D eigenvalue weighted by Crippen LogP contribution is 2.32. The van der Waals surface area contributed by atoms with Gasteiger partial charge in [-0.05, 0) is 49.1 Å². The summed E-state index contributed by atoms with van der Waals surface area (Å²) in [6, 6.07) is 6.11. The number of pyridine rings is 3. The third kappa shape index (κ3) is 4.17. The van der Waals surface area contributed by atoms with Crippen LogP contribution in [0.2, 0.25) is 0 Å². The van der Waals surface area contributed by atoms with E-state index in [0.717, 1.165) is 74.6 Å². The molecule has 1 aliphatic rings. The molecule has 6 aromatic heterocycles. The number of nitrogens with zero attached hydrogens (tertiary/aromatic N) is 5. The minimum Gasteiger partial charge on any atom is -0.472 e. The second kappa shape index (κ2) is 9.25. The number of aromatic nitrogens is 7. The Labute approximate surface area is 212 Å². The van der Waals surface area contributed by atoms with Crippen LogP contribution in [0.15, 0.2) is 66.1 Å². The lowest BCUT2D eigenvalue weighted by molar-refractivity contribution is 0.489. The number of imidazole rings is 1. The molecular formula is C28H26N8O. The van der Waals surface area contributed by atoms with E-state index in [1.165, 1.54) is 25.7 Å². The highest BCUT2D eigenvalue weighted by Gasteiger charge is 2.17. The molecule has 0 bridgehead atoms. The Hall–Kier alpha value is -4.37. The molecule has 3 N–H and O–H groups in total. The van der Waals surface area contributed by atoms with Gasteiger partial charge in [0.2, 0.25) is 0 Å². The molecule has 0 aromatic carbocycles. The number of nitrogens with one attached hydrogen (secondary N) is 3. The Balaban J connectivity index is 1.20. The van der Waals surface area contributed by atoms with Crippen molar-refractivity contribution >= 4 is 21.9 Å². The van der Waals surface area contributed by atoms with Crippen molar-refractivity contribution in [2.24, 2.45) is 5.92 Å². The number of hydrogen-bond acceptors (Lipinski definition) is 7. The lowest BCUT2D eigenvalue weighted by Gasteiger charge is -2.11. The molecule has 1 fully saturated rings. The highest BCUT2D eigenvalue weighted by atomic mass is 16.3. The molecule has 6 aromatic rings. The Morgan fingerprint density at radius 3 is 2.78 bits per heavy atom. The van der Waals surface area contributed by atoms with Gasteiger partial charge in [-0.2, -0.15) is 5.10 Å². The maximum Gasteiger partial charge on any atom is 0.159 e. The molecule has 9 nitrogen and oxygen atoms in total. The van der Waals surface area contributed by atoms with Crippen LogP contribution in [0.25, 0.3) is 55.8 Å². The van der Waals surface area contributed by atoms with Crippen LogP contribution in [0.1, 0.15) is 31.2 Å². The molecular weight excluding hydrogens is 464 g/mol. The van der Waals surface area contributed by atoms with Crippen LogP contribution >= 0.6 is 0 Å². The number of rotatable bonds is 7. The average Bonchev–Trinajstić information content (AvgIpc) is 3.74. The smallest absolute Gasteiger partial charge is 0.159 e. The normalized spacial score (nSPS) is 14.3. The second-order valence-corrected chi connectivity index (χ2v) is 9.73. The quantitative estimate of drug-likeness (QED) is 0.270. The summed E-state index contributed by atoms with van der Waals surface area (Å²) in [6.07, 6.45) is 17.9. The van der Waals surface area contributed by atoms with E-state index in [4.69, 9.17) is 9.40 Å². The standard InChI is InChI=1S/C28H26N8O/c1-2-4-17(3-1)9-29-10-18-7-20(12-30-11-18)23-8-21-24(15-32-23)35-36-27(21)28-33-25-14-31-13-22(26(25)34-28)19-5-6-37-16-19/h5-8,11-17,29H,1-4,9-10H2,(H,33,34)(H,35,36). The van der Waals surface area contributed by atoms with E-state index < -0.39 is 0 Å². The summed E-state index contributed by atoms with van der Waals surface area (Å²) in [5.41, 5.74) is 8.04. The van der Waals surface area contributed by atoms with E-state index in [1.54, 1.807) is 24.9 Å². The summed E-state index contributed by atoms with van der Waals surface area (Å²) in [7, 11) is 0. The maximum absolute atomic E-state index is 5.26. The molecule has 7 rings (SSSR count). The topological polar surface area (TPSA) is 121 Å². The fourth-order valence-electron chi connectivity index (χ4n) is 5.29. The number of hydrogen-bond donors (Lipinski definition) is 3. The van der Waals surface area contributed by atoms with E-state index in [9.17, 15) is 0 Å². The zero-order chi connectivity index (χ0) is 24.6. The van der Waals surface area contributed by atoms with E-state index in [-0.39, 0.29) is 0 Å². The Morgan fingerprint density at radius 1 is 0.973 bits per heavy atom. The molecule has 37 heavy (non-hydrogen) atoms. The maximum atomic E-state index is 5.26. The van der Waals surface area contributed by atoms with Gasteiger partial charge in [-0.15, -0.1) is 0 Å². The fourth-order valence-corrected chi connectivity index (χ4v) is 5.29. The zero-order valence-electron chi connectivity index (χ0n) is 20.2. The van der Waals surface area contributed by atoms with Crippen molar-refractivity contribution in [3.05, 3.63) is 67.3 Å². The molecule has 0 amide bonds. The number of fused-ring (bicyclic) bond motifs is 2. The third-order valence-electron chi connectivity index (χ3n) is 7.23. The van der Waals surface area contributed by atoms with Crippen molar-refractivity contribution in [3.63, 3.8) is 0 Å². The van der Waals surface area contributed by atoms with Crippen molar-refractivity contribution < 1.29 is 4.42 Å². The molecule has 9 heteroatoms. The van der Waals surface area contributed by atoms with E-state index in [2.05, 4.69) is 41.5 Å². The van der Waals surface area contributed by atoms with E-state index in [1.807, 2.05) is 30.7 Å². The fraction of sp³-hybridized carbons (Fsp3) is 0.250. The lowest BCUT2D eigenvalue weighted by Crippen LogP contribution is -2.20. The van der Waals surface area contributed by atoms with Crippen molar-refractivity contribution in [3.8, 4) is 33.9 Å². The van der Waals surface area contributed by atoms with Crippen LogP contribution < -0.4 is 5.32 Å². The van der Waals surface area contributed by atoms with Gasteiger partial charge in [0, 0.05) is 47.2 Å². The molecule has 1 saturated carbocycles. The van der Waals surface area contributed by atoms with Gasteiger partial charge < -0.3 is 14.7 Å². The first-order valence-electron chi connectivity index (χ1n) is 12.7. The molecule has 6 heterocycles. The first-order chi connectivity index (χ1) is 18.3. The molecule has 0 aliphatic heterocycles. The largest absolute Gasteiger partial charge is 0.472 e. The predicted octanol–water partition coefficient (Wildman–Crippen LogP) is 5.50. The molecule has 184 valence electrons.